The molecule has 1 aliphatic carbocycles. The van der Waals surface area contributed by atoms with Gasteiger partial charge in [0.25, 0.3) is 5.91 Å². The zero-order valence-electron chi connectivity index (χ0n) is 14.0. The van der Waals surface area contributed by atoms with Crippen LogP contribution in [-0.4, -0.2) is 29.9 Å². The van der Waals surface area contributed by atoms with Crippen LogP contribution < -0.4 is 15.5 Å². The molecule has 0 bridgehead atoms. The number of nitriles is 1. The Bertz CT molecular complexity index is 930. The monoisotopic (exact) mass is 347 g/mol. The molecule has 4 rings (SSSR count). The fraction of sp³-hybridized carbons (Fsp3) is 0.263. The van der Waals surface area contributed by atoms with E-state index >= 15 is 0 Å². The summed E-state index contributed by atoms with van der Waals surface area (Å²) in [5.74, 6) is 0.814. The Morgan fingerprint density at radius 1 is 1.38 bits per heavy atom. The molecule has 1 saturated carbocycles. The summed E-state index contributed by atoms with van der Waals surface area (Å²) in [6, 6.07) is 10.4. The van der Waals surface area contributed by atoms with Crippen LogP contribution in [0.1, 0.15) is 28.8 Å². The van der Waals surface area contributed by atoms with Gasteiger partial charge in [-0.3, -0.25) is 9.59 Å². The third-order valence-corrected chi connectivity index (χ3v) is 4.52. The van der Waals surface area contributed by atoms with Crippen LogP contribution in [0.15, 0.2) is 36.5 Å². The zero-order chi connectivity index (χ0) is 18.1. The highest BCUT2D eigenvalue weighted by molar-refractivity contribution is 6.07. The second-order valence-corrected chi connectivity index (χ2v) is 6.54. The average molecular weight is 347 g/mol. The second-order valence-electron chi connectivity index (χ2n) is 6.54. The molecule has 1 aromatic carbocycles. The maximum absolute atomic E-state index is 12.6. The van der Waals surface area contributed by atoms with E-state index in [9.17, 15) is 9.59 Å². The van der Waals surface area contributed by atoms with Crippen LogP contribution in [0.2, 0.25) is 0 Å². The molecule has 2 heterocycles. The van der Waals surface area contributed by atoms with Crippen molar-refractivity contribution in [2.45, 2.75) is 12.8 Å². The minimum absolute atomic E-state index is 0.00882. The molecule has 2 N–H and O–H groups in total. The lowest BCUT2D eigenvalue weighted by Crippen LogP contribution is -2.41. The van der Waals surface area contributed by atoms with E-state index in [0.29, 0.717) is 40.8 Å². The first-order valence-electron chi connectivity index (χ1n) is 8.50. The van der Waals surface area contributed by atoms with E-state index in [1.807, 2.05) is 6.07 Å². The summed E-state index contributed by atoms with van der Waals surface area (Å²) in [5, 5.41) is 14.7. The maximum atomic E-state index is 12.6. The van der Waals surface area contributed by atoms with Crippen LogP contribution in [-0.2, 0) is 4.79 Å². The van der Waals surface area contributed by atoms with Crippen LogP contribution in [0.4, 0.5) is 17.2 Å². The van der Waals surface area contributed by atoms with Gasteiger partial charge in [-0.15, -0.1) is 0 Å². The molecule has 7 heteroatoms. The standard InChI is InChI=1S/C19H17N5O2/c20-8-13-2-1-3-15(6-13)23-19(26)14-7-16-18(21-9-14)22-10-17(25)24(16)11-12-4-5-12/h1-3,6-7,9,12H,4-5,10-11H2,(H,21,22)(H,23,26). The Labute approximate surface area is 150 Å². The molecule has 2 aliphatic rings. The summed E-state index contributed by atoms with van der Waals surface area (Å²) >= 11 is 0. The molecule has 0 spiro atoms. The van der Waals surface area contributed by atoms with Gasteiger partial charge in [-0.25, -0.2) is 4.98 Å². The summed E-state index contributed by atoms with van der Waals surface area (Å²) in [4.78, 5) is 30.9. The van der Waals surface area contributed by atoms with Crippen molar-refractivity contribution in [2.24, 2.45) is 5.92 Å². The van der Waals surface area contributed by atoms with Crippen LogP contribution in [0.5, 0.6) is 0 Å². The SMILES string of the molecule is N#Cc1cccc(NC(=O)c2cnc3c(c2)N(CC2CC2)C(=O)CN3)c1. The number of rotatable bonds is 4. The number of nitrogens with one attached hydrogen (secondary N) is 2. The molecule has 1 aromatic heterocycles. The summed E-state index contributed by atoms with van der Waals surface area (Å²) in [7, 11) is 0. The van der Waals surface area contributed by atoms with Crippen LogP contribution in [0, 0.1) is 17.2 Å². The Morgan fingerprint density at radius 2 is 2.23 bits per heavy atom. The zero-order valence-corrected chi connectivity index (χ0v) is 14.0. The molecule has 0 saturated heterocycles. The van der Waals surface area contributed by atoms with Gasteiger partial charge in [0.1, 0.15) is 5.82 Å². The van der Waals surface area contributed by atoms with E-state index in [1.54, 1.807) is 35.2 Å². The molecule has 2 amide bonds. The Kier molecular flexibility index (Phi) is 4.01. The lowest BCUT2D eigenvalue weighted by Gasteiger charge is -2.29. The first-order valence-corrected chi connectivity index (χ1v) is 8.50. The van der Waals surface area contributed by atoms with Gasteiger partial charge < -0.3 is 15.5 Å². The van der Waals surface area contributed by atoms with Gasteiger partial charge in [0.15, 0.2) is 0 Å². The molecule has 1 fully saturated rings. The highest BCUT2D eigenvalue weighted by atomic mass is 16.2. The number of benzene rings is 1. The van der Waals surface area contributed by atoms with E-state index < -0.39 is 0 Å². The summed E-state index contributed by atoms with van der Waals surface area (Å²) in [6.45, 7) is 0.893. The summed E-state index contributed by atoms with van der Waals surface area (Å²) in [5.41, 5.74) is 2.02. The van der Waals surface area contributed by atoms with Gasteiger partial charge in [0, 0.05) is 18.4 Å². The highest BCUT2D eigenvalue weighted by Gasteiger charge is 2.32. The number of anilines is 3. The maximum Gasteiger partial charge on any atom is 0.257 e. The first-order chi connectivity index (χ1) is 12.6. The van der Waals surface area contributed by atoms with Crippen molar-refractivity contribution in [3.63, 3.8) is 0 Å². The third kappa shape index (κ3) is 3.22. The molecule has 0 atom stereocenters. The van der Waals surface area contributed by atoms with E-state index in [4.69, 9.17) is 5.26 Å². The van der Waals surface area contributed by atoms with Gasteiger partial charge in [-0.2, -0.15) is 5.26 Å². The molecule has 0 radical (unpaired) electrons. The Hall–Kier alpha value is -3.40. The van der Waals surface area contributed by atoms with Gasteiger partial charge >= 0.3 is 0 Å². The van der Waals surface area contributed by atoms with Gasteiger partial charge in [0.05, 0.1) is 29.4 Å². The Morgan fingerprint density at radius 3 is 3.00 bits per heavy atom. The van der Waals surface area contributed by atoms with Gasteiger partial charge in [-0.05, 0) is 43.0 Å². The number of amides is 2. The van der Waals surface area contributed by atoms with Crippen molar-refractivity contribution in [3.8, 4) is 6.07 Å². The molecule has 130 valence electrons. The quantitative estimate of drug-likeness (QED) is 0.885. The number of nitrogens with zero attached hydrogens (tertiary/aromatic N) is 3. The number of hydrogen-bond acceptors (Lipinski definition) is 5. The summed E-state index contributed by atoms with van der Waals surface area (Å²) < 4.78 is 0. The fourth-order valence-corrected chi connectivity index (χ4v) is 2.94. The Balaban J connectivity index is 1.59. The van der Waals surface area contributed by atoms with Crippen molar-refractivity contribution in [3.05, 3.63) is 47.7 Å². The van der Waals surface area contributed by atoms with Crippen molar-refractivity contribution in [2.75, 3.05) is 28.6 Å². The smallest absolute Gasteiger partial charge is 0.257 e. The predicted octanol–water partition coefficient (Wildman–Crippen LogP) is 2.37. The lowest BCUT2D eigenvalue weighted by atomic mass is 10.1. The molecule has 0 unspecified atom stereocenters. The fourth-order valence-electron chi connectivity index (χ4n) is 2.94. The van der Waals surface area contributed by atoms with E-state index in [-0.39, 0.29) is 18.4 Å². The lowest BCUT2D eigenvalue weighted by molar-refractivity contribution is -0.117. The largest absolute Gasteiger partial charge is 0.359 e. The molecular weight excluding hydrogens is 330 g/mol. The average Bonchev–Trinajstić information content (AvgIpc) is 3.48. The minimum atomic E-state index is -0.334. The number of carbonyl (C=O) groups excluding carboxylic acids is 2. The third-order valence-electron chi connectivity index (χ3n) is 4.52. The number of aromatic nitrogens is 1. The molecule has 26 heavy (non-hydrogen) atoms. The highest BCUT2D eigenvalue weighted by Crippen LogP contribution is 2.35. The number of carbonyl (C=O) groups is 2. The van der Waals surface area contributed by atoms with Crippen molar-refractivity contribution < 1.29 is 9.59 Å². The molecule has 2 aromatic rings. The van der Waals surface area contributed by atoms with Crippen LogP contribution in [0.3, 0.4) is 0 Å². The first kappa shape index (κ1) is 16.1. The van der Waals surface area contributed by atoms with E-state index in [2.05, 4.69) is 15.6 Å². The van der Waals surface area contributed by atoms with Crippen molar-refractivity contribution >= 4 is 29.0 Å². The van der Waals surface area contributed by atoms with E-state index in [1.165, 1.54) is 6.20 Å². The van der Waals surface area contributed by atoms with Gasteiger partial charge in [-0.1, -0.05) is 6.07 Å². The number of pyridine rings is 1. The molecular formula is C19H17N5O2. The minimum Gasteiger partial charge on any atom is -0.359 e. The van der Waals surface area contributed by atoms with Crippen molar-refractivity contribution in [1.29, 1.82) is 5.26 Å². The topological polar surface area (TPSA) is 98.1 Å². The van der Waals surface area contributed by atoms with Crippen LogP contribution in [0.25, 0.3) is 0 Å². The number of hydrogen-bond donors (Lipinski definition) is 2. The van der Waals surface area contributed by atoms with Crippen LogP contribution >= 0.6 is 0 Å². The predicted molar refractivity (Wildman–Crippen MR) is 96.9 cm³/mol. The second kappa shape index (κ2) is 6.48. The molecule has 1 aliphatic heterocycles. The molecule has 7 nitrogen and oxygen atoms in total. The van der Waals surface area contributed by atoms with Gasteiger partial charge in [0.2, 0.25) is 5.91 Å². The van der Waals surface area contributed by atoms with E-state index in [0.717, 1.165) is 12.8 Å². The summed E-state index contributed by atoms with van der Waals surface area (Å²) in [6.07, 6.45) is 3.76. The normalized spacial score (nSPS) is 15.7. The number of fused-ring (bicyclic) bond motifs is 1. The van der Waals surface area contributed by atoms with Crippen molar-refractivity contribution in [1.82, 2.24) is 4.98 Å².